The fraction of sp³-hybridized carbons (Fsp3) is 0.727. The minimum atomic E-state index is -0.568. The second-order valence-corrected chi connectivity index (χ2v) is 5.64. The summed E-state index contributed by atoms with van der Waals surface area (Å²) in [7, 11) is 3.21. The molecule has 1 aromatic heterocycles. The smallest absolute Gasteiger partial charge is 0.326 e. The van der Waals surface area contributed by atoms with Gasteiger partial charge in [-0.05, 0) is 26.3 Å². The minimum Gasteiger partial charge on any atom is -0.468 e. The van der Waals surface area contributed by atoms with Crippen LogP contribution in [-0.2, 0) is 9.53 Å². The number of aromatic nitrogens is 2. The number of hydrogen-bond donors (Lipinski definition) is 1. The first-order chi connectivity index (χ1) is 8.59. The Morgan fingerprint density at radius 1 is 1.61 bits per heavy atom. The lowest BCUT2D eigenvalue weighted by Crippen LogP contribution is -2.49. The number of ether oxygens (including phenoxy) is 1. The largest absolute Gasteiger partial charge is 0.468 e. The van der Waals surface area contributed by atoms with Crippen molar-refractivity contribution in [3.05, 3.63) is 5.89 Å². The van der Waals surface area contributed by atoms with Crippen molar-refractivity contribution in [3.63, 3.8) is 0 Å². The fourth-order valence-electron chi connectivity index (χ4n) is 2.28. The molecule has 1 aliphatic rings. The van der Waals surface area contributed by atoms with Crippen molar-refractivity contribution in [3.8, 4) is 0 Å². The van der Waals surface area contributed by atoms with Gasteiger partial charge in [-0.3, -0.25) is 4.79 Å². The second-order valence-electron chi connectivity index (χ2n) is 4.39. The van der Waals surface area contributed by atoms with Gasteiger partial charge in [0.25, 0.3) is 5.22 Å². The third kappa shape index (κ3) is 2.51. The van der Waals surface area contributed by atoms with Crippen molar-refractivity contribution in [2.45, 2.75) is 42.2 Å². The van der Waals surface area contributed by atoms with Crippen LogP contribution in [0, 0.1) is 6.92 Å². The number of methoxy groups -OCH3 is 1. The first kappa shape index (κ1) is 13.4. The van der Waals surface area contributed by atoms with Gasteiger partial charge < -0.3 is 14.5 Å². The Balaban J connectivity index is 2.01. The Morgan fingerprint density at radius 2 is 2.39 bits per heavy atom. The number of nitrogens with zero attached hydrogens (tertiary/aromatic N) is 2. The Labute approximate surface area is 110 Å². The third-order valence-corrected chi connectivity index (χ3v) is 4.40. The van der Waals surface area contributed by atoms with E-state index in [9.17, 15) is 4.79 Å². The number of aryl methyl sites for hydroxylation is 1. The van der Waals surface area contributed by atoms with Gasteiger partial charge in [-0.25, -0.2) is 0 Å². The van der Waals surface area contributed by atoms with E-state index in [1.807, 2.05) is 0 Å². The zero-order chi connectivity index (χ0) is 13.2. The van der Waals surface area contributed by atoms with E-state index < -0.39 is 5.54 Å². The molecule has 2 rings (SSSR count). The zero-order valence-corrected chi connectivity index (χ0v) is 11.5. The van der Waals surface area contributed by atoms with Crippen molar-refractivity contribution in [2.24, 2.45) is 0 Å². The van der Waals surface area contributed by atoms with Crippen LogP contribution in [0.2, 0.25) is 0 Å². The van der Waals surface area contributed by atoms with Crippen LogP contribution < -0.4 is 5.32 Å². The van der Waals surface area contributed by atoms with Crippen molar-refractivity contribution in [1.29, 1.82) is 0 Å². The normalized spacial score (nSPS) is 27.4. The molecular weight excluding hydrogens is 254 g/mol. The maximum Gasteiger partial charge on any atom is 0.326 e. The molecule has 18 heavy (non-hydrogen) atoms. The summed E-state index contributed by atoms with van der Waals surface area (Å²) in [4.78, 5) is 11.8. The SMILES string of the molecule is CNC1(C(=O)OC)CCC(Sc2nnc(C)o2)C1. The molecule has 1 N–H and O–H groups in total. The third-order valence-electron chi connectivity index (χ3n) is 3.30. The van der Waals surface area contributed by atoms with Crippen LogP contribution in [0.25, 0.3) is 0 Å². The molecule has 0 radical (unpaired) electrons. The minimum absolute atomic E-state index is 0.199. The van der Waals surface area contributed by atoms with E-state index in [0.29, 0.717) is 17.5 Å². The maximum absolute atomic E-state index is 11.8. The Hall–Kier alpha value is -1.08. The highest BCUT2D eigenvalue weighted by atomic mass is 32.2. The number of hydrogen-bond acceptors (Lipinski definition) is 7. The molecule has 0 bridgehead atoms. The quantitative estimate of drug-likeness (QED) is 0.823. The lowest BCUT2D eigenvalue weighted by Gasteiger charge is -2.25. The Kier molecular flexibility index (Phi) is 3.91. The monoisotopic (exact) mass is 271 g/mol. The van der Waals surface area contributed by atoms with Crippen LogP contribution in [0.15, 0.2) is 9.64 Å². The molecule has 2 atom stereocenters. The van der Waals surface area contributed by atoms with Crippen LogP contribution >= 0.6 is 11.8 Å². The first-order valence-corrected chi connectivity index (χ1v) is 6.72. The van der Waals surface area contributed by atoms with Gasteiger partial charge in [0, 0.05) is 12.2 Å². The molecular formula is C11H17N3O3S. The summed E-state index contributed by atoms with van der Waals surface area (Å²) in [5, 5.41) is 11.7. The summed E-state index contributed by atoms with van der Waals surface area (Å²) in [6.45, 7) is 1.76. The molecule has 6 nitrogen and oxygen atoms in total. The number of esters is 1. The molecule has 1 aliphatic carbocycles. The fourth-order valence-corrected chi connectivity index (χ4v) is 3.42. The summed E-state index contributed by atoms with van der Waals surface area (Å²) in [6, 6.07) is 0. The molecule has 0 amide bonds. The van der Waals surface area contributed by atoms with Crippen molar-refractivity contribution >= 4 is 17.7 Å². The highest BCUT2D eigenvalue weighted by molar-refractivity contribution is 7.99. The molecule has 0 spiro atoms. The Bertz CT molecular complexity index is 437. The van der Waals surface area contributed by atoms with Crippen LogP contribution in [0.1, 0.15) is 25.2 Å². The molecule has 1 heterocycles. The predicted octanol–water partition coefficient (Wildman–Crippen LogP) is 1.15. The van der Waals surface area contributed by atoms with Crippen LogP contribution in [0.5, 0.6) is 0 Å². The standard InChI is InChI=1S/C11H17N3O3S/c1-7-13-14-10(17-7)18-8-4-5-11(6-8,12-2)9(15)16-3/h8,12H,4-6H2,1-3H3. The summed E-state index contributed by atoms with van der Waals surface area (Å²) in [6.07, 6.45) is 2.39. The molecule has 100 valence electrons. The molecule has 1 aromatic rings. The molecule has 0 aromatic carbocycles. The molecule has 1 saturated carbocycles. The number of thioether (sulfide) groups is 1. The van der Waals surface area contributed by atoms with E-state index in [1.165, 1.54) is 18.9 Å². The summed E-state index contributed by atoms with van der Waals surface area (Å²) in [5.41, 5.74) is -0.568. The van der Waals surface area contributed by atoms with Crippen LogP contribution in [0.3, 0.4) is 0 Å². The summed E-state index contributed by atoms with van der Waals surface area (Å²) in [5.74, 6) is 0.359. The molecule has 2 unspecified atom stereocenters. The van der Waals surface area contributed by atoms with Gasteiger partial charge in [0.05, 0.1) is 7.11 Å². The van der Waals surface area contributed by atoms with E-state index in [1.54, 1.807) is 14.0 Å². The van der Waals surface area contributed by atoms with Gasteiger partial charge in [0.15, 0.2) is 0 Å². The average Bonchev–Trinajstić information content (AvgIpc) is 2.96. The topological polar surface area (TPSA) is 77.2 Å². The number of carbonyl (C=O) groups is 1. The van der Waals surface area contributed by atoms with E-state index in [-0.39, 0.29) is 11.2 Å². The lowest BCUT2D eigenvalue weighted by molar-refractivity contribution is -0.148. The van der Waals surface area contributed by atoms with Gasteiger partial charge in [0.1, 0.15) is 5.54 Å². The van der Waals surface area contributed by atoms with Gasteiger partial charge >= 0.3 is 5.97 Å². The average molecular weight is 271 g/mol. The lowest BCUT2D eigenvalue weighted by atomic mass is 9.98. The number of nitrogens with one attached hydrogen (secondary N) is 1. The molecule has 0 saturated heterocycles. The maximum atomic E-state index is 11.8. The number of carbonyl (C=O) groups excluding carboxylic acids is 1. The Morgan fingerprint density at radius 3 is 2.94 bits per heavy atom. The molecule has 7 heteroatoms. The van der Waals surface area contributed by atoms with Gasteiger partial charge in [-0.15, -0.1) is 10.2 Å². The van der Waals surface area contributed by atoms with Crippen molar-refractivity contribution < 1.29 is 13.9 Å². The first-order valence-electron chi connectivity index (χ1n) is 5.84. The van der Waals surface area contributed by atoms with E-state index >= 15 is 0 Å². The second kappa shape index (κ2) is 5.27. The van der Waals surface area contributed by atoms with Crippen LogP contribution in [0.4, 0.5) is 0 Å². The van der Waals surface area contributed by atoms with Crippen molar-refractivity contribution in [1.82, 2.24) is 15.5 Å². The summed E-state index contributed by atoms with van der Waals surface area (Å²) >= 11 is 1.53. The van der Waals surface area contributed by atoms with E-state index in [4.69, 9.17) is 9.15 Å². The zero-order valence-electron chi connectivity index (χ0n) is 10.7. The van der Waals surface area contributed by atoms with Gasteiger partial charge in [-0.1, -0.05) is 11.8 Å². The van der Waals surface area contributed by atoms with Crippen molar-refractivity contribution in [2.75, 3.05) is 14.2 Å². The molecule has 1 fully saturated rings. The van der Waals surface area contributed by atoms with E-state index in [0.717, 1.165) is 12.8 Å². The predicted molar refractivity (Wildman–Crippen MR) is 66.3 cm³/mol. The highest BCUT2D eigenvalue weighted by Crippen LogP contribution is 2.40. The summed E-state index contributed by atoms with van der Waals surface area (Å²) < 4.78 is 10.2. The molecule has 0 aliphatic heterocycles. The van der Waals surface area contributed by atoms with Gasteiger partial charge in [0.2, 0.25) is 5.89 Å². The number of rotatable bonds is 4. The van der Waals surface area contributed by atoms with E-state index in [2.05, 4.69) is 15.5 Å². The highest BCUT2D eigenvalue weighted by Gasteiger charge is 2.45. The van der Waals surface area contributed by atoms with Crippen LogP contribution in [-0.4, -0.2) is 41.1 Å². The number of likely N-dealkylation sites (N-methyl/N-ethyl adjacent to an activating group) is 1. The van der Waals surface area contributed by atoms with Gasteiger partial charge in [-0.2, -0.15) is 0 Å².